The number of rotatable bonds is 5. The molecule has 0 saturated carbocycles. The summed E-state index contributed by atoms with van der Waals surface area (Å²) in [6.45, 7) is 5.21. The SMILES string of the molecule is COc1cncc(OC[C@@]2(F)CCN(C(=O)OC(C)(C)C)C2)c1-c1cc(N)n[nH]1. The molecule has 1 aliphatic heterocycles. The van der Waals surface area contributed by atoms with Gasteiger partial charge in [-0.15, -0.1) is 0 Å². The van der Waals surface area contributed by atoms with Gasteiger partial charge in [0.05, 0.1) is 37.3 Å². The number of nitrogen functional groups attached to an aromatic ring is 1. The molecule has 0 spiro atoms. The number of pyridine rings is 1. The fraction of sp³-hybridized carbons (Fsp3) is 0.526. The second-order valence-corrected chi connectivity index (χ2v) is 8.01. The molecule has 9 nitrogen and oxygen atoms in total. The van der Waals surface area contributed by atoms with Crippen LogP contribution in [0.15, 0.2) is 18.5 Å². The number of amides is 1. The van der Waals surface area contributed by atoms with E-state index in [1.54, 1.807) is 26.8 Å². The smallest absolute Gasteiger partial charge is 0.410 e. The minimum Gasteiger partial charge on any atom is -0.494 e. The van der Waals surface area contributed by atoms with Gasteiger partial charge in [-0.3, -0.25) is 10.1 Å². The number of hydrogen-bond acceptors (Lipinski definition) is 7. The zero-order valence-electron chi connectivity index (χ0n) is 17.0. The molecule has 29 heavy (non-hydrogen) atoms. The van der Waals surface area contributed by atoms with Crippen LogP contribution >= 0.6 is 0 Å². The van der Waals surface area contributed by atoms with E-state index >= 15 is 4.39 Å². The van der Waals surface area contributed by atoms with Gasteiger partial charge in [-0.05, 0) is 20.8 Å². The molecular weight excluding hydrogens is 381 g/mol. The predicted octanol–water partition coefficient (Wildman–Crippen LogP) is 2.79. The highest BCUT2D eigenvalue weighted by Crippen LogP contribution is 2.38. The molecule has 158 valence electrons. The summed E-state index contributed by atoms with van der Waals surface area (Å²) in [5.74, 6) is 1.05. The van der Waals surface area contributed by atoms with E-state index in [-0.39, 0.29) is 26.1 Å². The van der Waals surface area contributed by atoms with Gasteiger partial charge in [-0.25, -0.2) is 9.18 Å². The average Bonchev–Trinajstić information content (AvgIpc) is 3.24. The number of nitrogens with zero attached hydrogens (tertiary/aromatic N) is 3. The third-order valence-corrected chi connectivity index (χ3v) is 4.41. The van der Waals surface area contributed by atoms with E-state index in [0.717, 1.165) is 0 Å². The predicted molar refractivity (Wildman–Crippen MR) is 105 cm³/mol. The second-order valence-electron chi connectivity index (χ2n) is 8.01. The summed E-state index contributed by atoms with van der Waals surface area (Å²) in [6.07, 6.45) is 2.60. The maximum Gasteiger partial charge on any atom is 0.410 e. The third kappa shape index (κ3) is 4.87. The molecule has 0 unspecified atom stereocenters. The van der Waals surface area contributed by atoms with Crippen molar-refractivity contribution in [3.8, 4) is 22.8 Å². The molecule has 1 fully saturated rings. The number of carbonyl (C=O) groups is 1. The van der Waals surface area contributed by atoms with Crippen LogP contribution in [-0.4, -0.2) is 64.3 Å². The lowest BCUT2D eigenvalue weighted by atomic mass is 10.1. The Kier molecular flexibility index (Phi) is 5.54. The van der Waals surface area contributed by atoms with Gasteiger partial charge in [0, 0.05) is 19.0 Å². The van der Waals surface area contributed by atoms with E-state index in [2.05, 4.69) is 15.2 Å². The maximum absolute atomic E-state index is 15.3. The first-order valence-corrected chi connectivity index (χ1v) is 9.23. The van der Waals surface area contributed by atoms with Crippen molar-refractivity contribution in [1.29, 1.82) is 0 Å². The topological polar surface area (TPSA) is 116 Å². The van der Waals surface area contributed by atoms with Gasteiger partial charge in [0.15, 0.2) is 11.4 Å². The normalized spacial score (nSPS) is 19.3. The number of nitrogens with two attached hydrogens (primary N) is 1. The van der Waals surface area contributed by atoms with Crippen molar-refractivity contribution in [2.45, 2.75) is 38.5 Å². The summed E-state index contributed by atoms with van der Waals surface area (Å²) in [5, 5.41) is 6.70. The molecule has 0 radical (unpaired) electrons. The van der Waals surface area contributed by atoms with E-state index < -0.39 is 17.4 Å². The van der Waals surface area contributed by atoms with Gasteiger partial charge in [-0.2, -0.15) is 5.10 Å². The standard InChI is InChI=1S/C19H26FN5O4/c1-18(2,3)29-17(26)25-6-5-19(20,10-25)11-28-14-9-22-8-13(27-4)16(14)12-7-15(21)24-23-12/h7-9H,5-6,10-11H2,1-4H3,(H3,21,23,24)/t19-/m1/s1. The van der Waals surface area contributed by atoms with Crippen molar-refractivity contribution in [3.63, 3.8) is 0 Å². The summed E-state index contributed by atoms with van der Waals surface area (Å²) in [6, 6.07) is 1.62. The van der Waals surface area contributed by atoms with E-state index in [1.165, 1.54) is 24.4 Å². The first kappa shape index (κ1) is 20.7. The summed E-state index contributed by atoms with van der Waals surface area (Å²) in [7, 11) is 1.50. The van der Waals surface area contributed by atoms with Crippen molar-refractivity contribution >= 4 is 11.9 Å². The van der Waals surface area contributed by atoms with Crippen molar-refractivity contribution < 1.29 is 23.4 Å². The van der Waals surface area contributed by atoms with Crippen LogP contribution in [0.3, 0.4) is 0 Å². The summed E-state index contributed by atoms with van der Waals surface area (Å²) in [4.78, 5) is 17.6. The number of hydrogen-bond donors (Lipinski definition) is 2. The average molecular weight is 407 g/mol. The summed E-state index contributed by atoms with van der Waals surface area (Å²) in [5.41, 5.74) is 4.45. The molecule has 2 aromatic heterocycles. The highest BCUT2D eigenvalue weighted by Gasteiger charge is 2.42. The molecule has 0 aromatic carbocycles. The van der Waals surface area contributed by atoms with E-state index in [9.17, 15) is 4.79 Å². The Morgan fingerprint density at radius 3 is 2.72 bits per heavy atom. The molecule has 1 atom stereocenters. The van der Waals surface area contributed by atoms with E-state index in [1.807, 2.05) is 0 Å². The zero-order chi connectivity index (χ0) is 21.2. The van der Waals surface area contributed by atoms with Gasteiger partial charge in [0.25, 0.3) is 0 Å². The van der Waals surface area contributed by atoms with E-state index in [4.69, 9.17) is 19.9 Å². The largest absolute Gasteiger partial charge is 0.494 e. The number of alkyl halides is 1. The van der Waals surface area contributed by atoms with Crippen LogP contribution in [0, 0.1) is 0 Å². The van der Waals surface area contributed by atoms with E-state index in [0.29, 0.717) is 28.6 Å². The van der Waals surface area contributed by atoms with Crippen LogP contribution in [0.25, 0.3) is 11.3 Å². The van der Waals surface area contributed by atoms with Crippen LogP contribution in [0.5, 0.6) is 11.5 Å². The lowest BCUT2D eigenvalue weighted by Crippen LogP contribution is -2.39. The number of ether oxygens (including phenoxy) is 3. The molecule has 3 N–H and O–H groups in total. The van der Waals surface area contributed by atoms with Gasteiger partial charge in [0.2, 0.25) is 0 Å². The van der Waals surface area contributed by atoms with Crippen molar-refractivity contribution in [3.05, 3.63) is 18.5 Å². The van der Waals surface area contributed by atoms with Crippen LogP contribution in [0.1, 0.15) is 27.2 Å². The highest BCUT2D eigenvalue weighted by atomic mass is 19.1. The Labute approximate surface area is 168 Å². The molecule has 1 aliphatic rings. The fourth-order valence-corrected chi connectivity index (χ4v) is 3.06. The van der Waals surface area contributed by atoms with Gasteiger partial charge in [0.1, 0.15) is 23.8 Å². The van der Waals surface area contributed by atoms with Crippen molar-refractivity contribution in [2.24, 2.45) is 0 Å². The fourth-order valence-electron chi connectivity index (χ4n) is 3.06. The Hall–Kier alpha value is -3.04. The van der Waals surface area contributed by atoms with Gasteiger partial charge < -0.3 is 24.8 Å². The number of likely N-dealkylation sites (tertiary alicyclic amines) is 1. The number of methoxy groups -OCH3 is 1. The number of nitrogens with one attached hydrogen (secondary N) is 1. The first-order chi connectivity index (χ1) is 13.6. The number of aromatic nitrogens is 3. The van der Waals surface area contributed by atoms with Crippen LogP contribution in [0.2, 0.25) is 0 Å². The molecular formula is C19H26FN5O4. The number of H-pyrrole nitrogens is 1. The molecule has 1 amide bonds. The van der Waals surface area contributed by atoms with Crippen LogP contribution in [-0.2, 0) is 4.74 Å². The molecule has 3 heterocycles. The molecule has 1 saturated heterocycles. The summed E-state index contributed by atoms with van der Waals surface area (Å²) >= 11 is 0. The number of aromatic amines is 1. The second kappa shape index (κ2) is 7.76. The quantitative estimate of drug-likeness (QED) is 0.783. The Balaban J connectivity index is 1.73. The first-order valence-electron chi connectivity index (χ1n) is 9.23. The molecule has 0 bridgehead atoms. The minimum atomic E-state index is -1.70. The lowest BCUT2D eigenvalue weighted by molar-refractivity contribution is 0.0230. The highest BCUT2D eigenvalue weighted by molar-refractivity contribution is 5.74. The number of anilines is 1. The number of carbonyl (C=O) groups excluding carboxylic acids is 1. The minimum absolute atomic E-state index is 0.106. The zero-order valence-corrected chi connectivity index (χ0v) is 17.0. The summed E-state index contributed by atoms with van der Waals surface area (Å²) < 4.78 is 31.7. The molecule has 3 rings (SSSR count). The van der Waals surface area contributed by atoms with Crippen molar-refractivity contribution in [2.75, 3.05) is 32.5 Å². The van der Waals surface area contributed by atoms with Crippen molar-refractivity contribution in [1.82, 2.24) is 20.1 Å². The lowest BCUT2D eigenvalue weighted by Gasteiger charge is -2.25. The maximum atomic E-state index is 15.3. The molecule has 2 aromatic rings. The molecule has 0 aliphatic carbocycles. The Morgan fingerprint density at radius 1 is 1.38 bits per heavy atom. The van der Waals surface area contributed by atoms with Gasteiger partial charge >= 0.3 is 6.09 Å². The Morgan fingerprint density at radius 2 is 2.10 bits per heavy atom. The monoisotopic (exact) mass is 407 g/mol. The van der Waals surface area contributed by atoms with Crippen LogP contribution < -0.4 is 15.2 Å². The van der Waals surface area contributed by atoms with Crippen LogP contribution in [0.4, 0.5) is 15.0 Å². The molecule has 10 heteroatoms. The Bertz CT molecular complexity index is 882. The number of halogens is 1. The third-order valence-electron chi connectivity index (χ3n) is 4.41. The van der Waals surface area contributed by atoms with Gasteiger partial charge in [-0.1, -0.05) is 0 Å².